The zero-order chi connectivity index (χ0) is 17.7. The van der Waals surface area contributed by atoms with Crippen LogP contribution in [0.25, 0.3) is 11.0 Å². The van der Waals surface area contributed by atoms with E-state index in [0.717, 1.165) is 27.4 Å². The molecule has 9 heteroatoms. The number of amides is 2. The molecule has 2 amide bonds. The van der Waals surface area contributed by atoms with E-state index in [1.54, 1.807) is 27.7 Å². The van der Waals surface area contributed by atoms with Gasteiger partial charge < -0.3 is 14.5 Å². The van der Waals surface area contributed by atoms with Crippen molar-refractivity contribution in [3.8, 4) is 0 Å². The van der Waals surface area contributed by atoms with Crippen LogP contribution >= 0.6 is 11.9 Å². The van der Waals surface area contributed by atoms with Crippen LogP contribution in [0.4, 0.5) is 9.59 Å². The molecule has 0 bridgehead atoms. The Balaban J connectivity index is 2.14. The van der Waals surface area contributed by atoms with E-state index < -0.39 is 12.2 Å². The molecule has 0 aliphatic rings. The van der Waals surface area contributed by atoms with Gasteiger partial charge in [-0.05, 0) is 39.8 Å². The second kappa shape index (κ2) is 7.91. The van der Waals surface area contributed by atoms with Crippen LogP contribution < -0.4 is 5.43 Å². The van der Waals surface area contributed by atoms with Gasteiger partial charge in [-0.25, -0.2) is 20.0 Å². The van der Waals surface area contributed by atoms with Crippen LogP contribution in [0.2, 0.25) is 0 Å². The van der Waals surface area contributed by atoms with Crippen molar-refractivity contribution in [2.45, 2.75) is 45.1 Å². The maximum Gasteiger partial charge on any atom is 0.440 e. The smallest absolute Gasteiger partial charge is 0.440 e. The maximum atomic E-state index is 12.2. The summed E-state index contributed by atoms with van der Waals surface area (Å²) in [5.41, 5.74) is 3.92. The summed E-state index contributed by atoms with van der Waals surface area (Å²) in [4.78, 5) is 31.4. The predicted molar refractivity (Wildman–Crippen MR) is 90.2 cm³/mol. The molecule has 0 aliphatic heterocycles. The Morgan fingerprint density at radius 1 is 1.17 bits per heavy atom. The van der Waals surface area contributed by atoms with Gasteiger partial charge in [0.25, 0.3) is 0 Å². The SMILES string of the molecule is CC(C)OC(=O)NN(Sc1nc2ccccc2[nH]1)C(=O)OC(C)C. The van der Waals surface area contributed by atoms with Gasteiger partial charge in [0.2, 0.25) is 0 Å². The minimum atomic E-state index is -0.755. The van der Waals surface area contributed by atoms with Crippen molar-refractivity contribution in [2.24, 2.45) is 0 Å². The van der Waals surface area contributed by atoms with Gasteiger partial charge in [-0.2, -0.15) is 0 Å². The molecule has 2 rings (SSSR count). The van der Waals surface area contributed by atoms with E-state index >= 15 is 0 Å². The minimum absolute atomic E-state index is 0.316. The number of nitrogens with one attached hydrogen (secondary N) is 2. The third-order valence-corrected chi connectivity index (χ3v) is 3.37. The van der Waals surface area contributed by atoms with Crippen molar-refractivity contribution in [3.05, 3.63) is 24.3 Å². The molecule has 0 aliphatic carbocycles. The number of carbonyl (C=O) groups excluding carboxylic acids is 2. The molecule has 0 unspecified atom stereocenters. The fraction of sp³-hybridized carbons (Fsp3) is 0.400. The van der Waals surface area contributed by atoms with Crippen LogP contribution in [0.5, 0.6) is 0 Å². The lowest BCUT2D eigenvalue weighted by atomic mass is 10.3. The van der Waals surface area contributed by atoms with Crippen LogP contribution in [0.15, 0.2) is 29.4 Å². The number of hydrogen-bond donors (Lipinski definition) is 2. The fourth-order valence-corrected chi connectivity index (χ4v) is 2.44. The summed E-state index contributed by atoms with van der Waals surface area (Å²) in [6.07, 6.45) is -2.13. The number of aromatic nitrogens is 2. The molecular weight excluding hydrogens is 332 g/mol. The minimum Gasteiger partial charge on any atom is -0.446 e. The molecule has 130 valence electrons. The first-order valence-electron chi connectivity index (χ1n) is 7.46. The van der Waals surface area contributed by atoms with Crippen molar-refractivity contribution in [3.63, 3.8) is 0 Å². The van der Waals surface area contributed by atoms with Crippen molar-refractivity contribution in [2.75, 3.05) is 0 Å². The van der Waals surface area contributed by atoms with Gasteiger partial charge in [0.1, 0.15) is 0 Å². The van der Waals surface area contributed by atoms with Crippen LogP contribution in [0.1, 0.15) is 27.7 Å². The summed E-state index contributed by atoms with van der Waals surface area (Å²) >= 11 is 0.900. The first-order chi connectivity index (χ1) is 11.3. The topological polar surface area (TPSA) is 96.5 Å². The average Bonchev–Trinajstić information content (AvgIpc) is 2.87. The number of hydrogen-bond acceptors (Lipinski definition) is 6. The Morgan fingerprint density at radius 2 is 1.83 bits per heavy atom. The van der Waals surface area contributed by atoms with Crippen molar-refractivity contribution < 1.29 is 19.1 Å². The number of imidazole rings is 1. The average molecular weight is 352 g/mol. The molecule has 2 N–H and O–H groups in total. The Morgan fingerprint density at radius 3 is 2.46 bits per heavy atom. The lowest BCUT2D eigenvalue weighted by Gasteiger charge is -2.21. The van der Waals surface area contributed by atoms with Crippen molar-refractivity contribution in [1.29, 1.82) is 0 Å². The summed E-state index contributed by atoms with van der Waals surface area (Å²) < 4.78 is 11.1. The maximum absolute atomic E-state index is 12.2. The number of aromatic amines is 1. The van der Waals surface area contributed by atoms with E-state index in [1.165, 1.54) is 0 Å². The zero-order valence-electron chi connectivity index (χ0n) is 13.9. The highest BCUT2D eigenvalue weighted by Crippen LogP contribution is 2.22. The number of H-pyrrole nitrogens is 1. The number of hydrazine groups is 1. The summed E-state index contributed by atoms with van der Waals surface area (Å²) in [7, 11) is 0. The number of ether oxygens (including phenoxy) is 2. The second-order valence-corrected chi connectivity index (χ2v) is 6.38. The van der Waals surface area contributed by atoms with Crippen LogP contribution in [-0.4, -0.2) is 38.8 Å². The summed E-state index contributed by atoms with van der Waals surface area (Å²) in [6.45, 7) is 6.86. The lowest BCUT2D eigenvalue weighted by molar-refractivity contribution is 0.0742. The Bertz CT molecular complexity index is 683. The molecule has 0 spiro atoms. The van der Waals surface area contributed by atoms with Gasteiger partial charge >= 0.3 is 12.2 Å². The monoisotopic (exact) mass is 352 g/mol. The lowest BCUT2D eigenvalue weighted by Crippen LogP contribution is -2.43. The highest BCUT2D eigenvalue weighted by molar-refractivity contribution is 7.97. The predicted octanol–water partition coefficient (Wildman–Crippen LogP) is 3.47. The molecule has 8 nitrogen and oxygen atoms in total. The number of carbonyl (C=O) groups is 2. The molecule has 1 heterocycles. The van der Waals surface area contributed by atoms with Crippen molar-refractivity contribution >= 4 is 35.2 Å². The Labute approximate surface area is 144 Å². The molecule has 0 atom stereocenters. The van der Waals surface area contributed by atoms with E-state index in [0.29, 0.717) is 5.16 Å². The number of nitrogens with zero attached hydrogens (tertiary/aromatic N) is 2. The molecule has 24 heavy (non-hydrogen) atoms. The first kappa shape index (κ1) is 17.9. The molecule has 1 aromatic heterocycles. The van der Waals surface area contributed by atoms with Crippen LogP contribution in [0, 0.1) is 0 Å². The molecular formula is C15H20N4O4S. The van der Waals surface area contributed by atoms with E-state index in [4.69, 9.17) is 9.47 Å². The number of para-hydroxylation sites is 2. The largest absolute Gasteiger partial charge is 0.446 e. The molecule has 0 radical (unpaired) electrons. The quantitative estimate of drug-likeness (QED) is 0.646. The third-order valence-electron chi connectivity index (χ3n) is 2.58. The number of benzene rings is 1. The molecule has 0 saturated heterocycles. The van der Waals surface area contributed by atoms with Gasteiger partial charge in [-0.15, -0.1) is 4.41 Å². The molecule has 0 fully saturated rings. The molecule has 1 aromatic carbocycles. The van der Waals surface area contributed by atoms with E-state index in [9.17, 15) is 9.59 Å². The van der Waals surface area contributed by atoms with E-state index in [-0.39, 0.29) is 12.2 Å². The van der Waals surface area contributed by atoms with Gasteiger partial charge in [0.15, 0.2) is 5.16 Å². The standard InChI is InChI=1S/C15H20N4O4S/c1-9(2)22-14(20)18-19(15(21)23-10(3)4)24-13-16-11-7-5-6-8-12(11)17-13/h5-10H,1-4H3,(H,16,17)(H,18,20). The molecule has 0 saturated carbocycles. The molecule has 2 aromatic rings. The van der Waals surface area contributed by atoms with Gasteiger partial charge in [-0.3, -0.25) is 0 Å². The number of rotatable bonds is 4. The summed E-state index contributed by atoms with van der Waals surface area (Å²) in [5, 5.41) is 0.432. The Hall–Kier alpha value is -2.42. The van der Waals surface area contributed by atoms with Gasteiger partial charge in [0, 0.05) is 0 Å². The number of fused-ring (bicyclic) bond motifs is 1. The van der Waals surface area contributed by atoms with Gasteiger partial charge in [-0.1, -0.05) is 12.1 Å². The van der Waals surface area contributed by atoms with Crippen LogP contribution in [0.3, 0.4) is 0 Å². The van der Waals surface area contributed by atoms with Crippen molar-refractivity contribution in [1.82, 2.24) is 19.8 Å². The van der Waals surface area contributed by atoms with Crippen LogP contribution in [-0.2, 0) is 9.47 Å². The van der Waals surface area contributed by atoms with E-state index in [1.807, 2.05) is 24.3 Å². The zero-order valence-corrected chi connectivity index (χ0v) is 14.7. The second-order valence-electron chi connectivity index (χ2n) is 5.44. The summed E-state index contributed by atoms with van der Waals surface area (Å²) in [6, 6.07) is 7.44. The third kappa shape index (κ3) is 5.05. The Kier molecular flexibility index (Phi) is 5.91. The highest BCUT2D eigenvalue weighted by Gasteiger charge is 2.23. The van der Waals surface area contributed by atoms with Gasteiger partial charge in [0.05, 0.1) is 35.2 Å². The van der Waals surface area contributed by atoms with E-state index in [2.05, 4.69) is 15.4 Å². The fourth-order valence-electron chi connectivity index (χ4n) is 1.74. The first-order valence-corrected chi connectivity index (χ1v) is 8.23. The normalized spacial score (nSPS) is 10.9. The summed E-state index contributed by atoms with van der Waals surface area (Å²) in [5.74, 6) is 0. The highest BCUT2D eigenvalue weighted by atomic mass is 32.2.